The molecule has 3 rings (SSSR count). The molecular weight excluding hydrogens is 364 g/mol. The summed E-state index contributed by atoms with van der Waals surface area (Å²) < 4.78 is 10.7. The summed E-state index contributed by atoms with van der Waals surface area (Å²) in [4.78, 5) is 35.8. The molecule has 10 heteroatoms. The zero-order valence-electron chi connectivity index (χ0n) is 15.9. The van der Waals surface area contributed by atoms with Crippen LogP contribution in [0.3, 0.4) is 0 Å². The average Bonchev–Trinajstić information content (AvgIpc) is 3.04. The molecule has 0 radical (unpaired) electrons. The summed E-state index contributed by atoms with van der Waals surface area (Å²) in [7, 11) is 3.97. The maximum absolute atomic E-state index is 12.1. The number of guanidine groups is 1. The summed E-state index contributed by atoms with van der Waals surface area (Å²) >= 11 is 0. The monoisotopic (exact) mass is 388 g/mol. The summed E-state index contributed by atoms with van der Waals surface area (Å²) in [5.41, 5.74) is 7.19. The first-order chi connectivity index (χ1) is 13.4. The largest absolute Gasteiger partial charge is 0.460 e. The SMILES string of the molecule is CN(C)Cc1ccc(C(=O)OCCOCN2C=NC3C(=O)NC(N)=NC32)cc1. The highest BCUT2D eigenvalue weighted by atomic mass is 16.6. The molecule has 1 amide bonds. The van der Waals surface area contributed by atoms with Gasteiger partial charge in [-0.05, 0) is 31.8 Å². The van der Waals surface area contributed by atoms with Crippen molar-refractivity contribution in [1.82, 2.24) is 15.1 Å². The van der Waals surface area contributed by atoms with E-state index in [2.05, 4.69) is 20.2 Å². The van der Waals surface area contributed by atoms with Crippen molar-refractivity contribution in [2.75, 3.05) is 34.0 Å². The molecule has 1 aromatic rings. The smallest absolute Gasteiger partial charge is 0.338 e. The first kappa shape index (κ1) is 19.8. The summed E-state index contributed by atoms with van der Waals surface area (Å²) in [5.74, 6) is -0.627. The number of aliphatic imine (C=N–C) groups is 2. The Hall–Kier alpha value is -2.98. The zero-order valence-corrected chi connectivity index (χ0v) is 15.9. The normalized spacial score (nSPS) is 20.8. The zero-order chi connectivity index (χ0) is 20.1. The van der Waals surface area contributed by atoms with Crippen LogP contribution in [0.25, 0.3) is 0 Å². The summed E-state index contributed by atoms with van der Waals surface area (Å²) in [6, 6.07) is 6.69. The van der Waals surface area contributed by atoms with Crippen LogP contribution in [0, 0.1) is 0 Å². The molecule has 28 heavy (non-hydrogen) atoms. The lowest BCUT2D eigenvalue weighted by Crippen LogP contribution is -2.54. The number of hydrogen-bond donors (Lipinski definition) is 2. The number of hydrogen-bond acceptors (Lipinski definition) is 9. The molecule has 2 aliphatic heterocycles. The molecular formula is C18H24N6O4. The van der Waals surface area contributed by atoms with E-state index < -0.39 is 18.2 Å². The van der Waals surface area contributed by atoms with Gasteiger partial charge in [-0.15, -0.1) is 0 Å². The average molecular weight is 388 g/mol. The van der Waals surface area contributed by atoms with E-state index in [0.717, 1.165) is 12.1 Å². The van der Waals surface area contributed by atoms with E-state index in [-0.39, 0.29) is 31.8 Å². The van der Waals surface area contributed by atoms with Crippen LogP contribution in [-0.2, 0) is 20.8 Å². The van der Waals surface area contributed by atoms with Gasteiger partial charge in [0.05, 0.1) is 18.5 Å². The predicted molar refractivity (Wildman–Crippen MR) is 103 cm³/mol. The van der Waals surface area contributed by atoms with E-state index in [9.17, 15) is 9.59 Å². The molecule has 10 nitrogen and oxygen atoms in total. The van der Waals surface area contributed by atoms with E-state index in [0.29, 0.717) is 5.56 Å². The Labute approximate surface area is 163 Å². The fraction of sp³-hybridized carbons (Fsp3) is 0.444. The second-order valence-corrected chi connectivity index (χ2v) is 6.75. The minimum absolute atomic E-state index is 0.0623. The van der Waals surface area contributed by atoms with Gasteiger partial charge in [0.1, 0.15) is 13.3 Å². The van der Waals surface area contributed by atoms with E-state index >= 15 is 0 Å². The first-order valence-electron chi connectivity index (χ1n) is 8.86. The Morgan fingerprint density at radius 3 is 2.75 bits per heavy atom. The van der Waals surface area contributed by atoms with Crippen molar-refractivity contribution in [2.24, 2.45) is 15.7 Å². The number of amides is 1. The molecule has 2 atom stereocenters. The van der Waals surface area contributed by atoms with Gasteiger partial charge in [-0.25, -0.2) is 9.79 Å². The number of nitrogens with zero attached hydrogens (tertiary/aromatic N) is 4. The number of ether oxygens (including phenoxy) is 2. The molecule has 2 unspecified atom stereocenters. The van der Waals surface area contributed by atoms with Gasteiger partial charge in [-0.2, -0.15) is 0 Å². The quantitative estimate of drug-likeness (QED) is 0.449. The van der Waals surface area contributed by atoms with Crippen molar-refractivity contribution in [1.29, 1.82) is 0 Å². The summed E-state index contributed by atoms with van der Waals surface area (Å²) in [6.07, 6.45) is 1.01. The van der Waals surface area contributed by atoms with Crippen molar-refractivity contribution in [2.45, 2.75) is 18.8 Å². The molecule has 150 valence electrons. The van der Waals surface area contributed by atoms with Gasteiger partial charge in [0, 0.05) is 6.54 Å². The van der Waals surface area contributed by atoms with E-state index in [1.165, 1.54) is 6.34 Å². The lowest BCUT2D eigenvalue weighted by atomic mass is 10.1. The van der Waals surface area contributed by atoms with Gasteiger partial charge in [0.15, 0.2) is 18.2 Å². The molecule has 0 saturated heterocycles. The molecule has 0 saturated carbocycles. The standard InChI is InChI=1S/C18H24N6O4/c1-23(2)9-12-3-5-13(6-4-12)17(26)28-8-7-27-11-24-10-20-14-15(24)21-18(19)22-16(14)25/h3-6,10,14-15H,7-9,11H2,1-2H3,(H3,19,21,22,25). The van der Waals surface area contributed by atoms with Crippen LogP contribution in [0.2, 0.25) is 0 Å². The highest BCUT2D eigenvalue weighted by Gasteiger charge is 2.39. The van der Waals surface area contributed by atoms with Crippen LogP contribution < -0.4 is 11.1 Å². The molecule has 0 fully saturated rings. The Balaban J connectivity index is 1.38. The first-order valence-corrected chi connectivity index (χ1v) is 8.86. The molecule has 0 aliphatic carbocycles. The van der Waals surface area contributed by atoms with E-state index in [4.69, 9.17) is 15.2 Å². The van der Waals surface area contributed by atoms with E-state index in [1.807, 2.05) is 26.2 Å². The van der Waals surface area contributed by atoms with Crippen molar-refractivity contribution in [3.63, 3.8) is 0 Å². The molecule has 1 aromatic carbocycles. The number of esters is 1. The fourth-order valence-electron chi connectivity index (χ4n) is 2.87. The topological polar surface area (TPSA) is 122 Å². The van der Waals surface area contributed by atoms with Gasteiger partial charge in [-0.1, -0.05) is 12.1 Å². The second kappa shape index (κ2) is 8.81. The third kappa shape index (κ3) is 4.84. The number of benzene rings is 1. The van der Waals surface area contributed by atoms with Crippen LogP contribution in [0.5, 0.6) is 0 Å². The highest BCUT2D eigenvalue weighted by Crippen LogP contribution is 2.17. The Morgan fingerprint density at radius 2 is 2.04 bits per heavy atom. The second-order valence-electron chi connectivity index (χ2n) is 6.75. The third-order valence-corrected chi connectivity index (χ3v) is 4.18. The van der Waals surface area contributed by atoms with Crippen LogP contribution in [0.15, 0.2) is 34.3 Å². The van der Waals surface area contributed by atoms with Crippen molar-refractivity contribution < 1.29 is 19.1 Å². The van der Waals surface area contributed by atoms with Crippen LogP contribution >= 0.6 is 0 Å². The van der Waals surface area contributed by atoms with Crippen LogP contribution in [0.1, 0.15) is 15.9 Å². The fourth-order valence-corrected chi connectivity index (χ4v) is 2.87. The lowest BCUT2D eigenvalue weighted by molar-refractivity contribution is -0.122. The van der Waals surface area contributed by atoms with Crippen molar-refractivity contribution in [3.05, 3.63) is 35.4 Å². The van der Waals surface area contributed by atoms with Gasteiger partial charge >= 0.3 is 5.97 Å². The van der Waals surface area contributed by atoms with E-state index in [1.54, 1.807) is 17.0 Å². The van der Waals surface area contributed by atoms with Crippen molar-refractivity contribution >= 4 is 24.2 Å². The third-order valence-electron chi connectivity index (χ3n) is 4.18. The molecule has 2 aliphatic rings. The number of nitrogens with two attached hydrogens (primary N) is 1. The summed E-state index contributed by atoms with van der Waals surface area (Å²) in [6.45, 7) is 1.29. The minimum Gasteiger partial charge on any atom is -0.460 e. The predicted octanol–water partition coefficient (Wildman–Crippen LogP) is -0.638. The summed E-state index contributed by atoms with van der Waals surface area (Å²) in [5, 5.41) is 2.44. The number of fused-ring (bicyclic) bond motifs is 1. The molecule has 3 N–H and O–H groups in total. The van der Waals surface area contributed by atoms with Gasteiger partial charge < -0.3 is 25.0 Å². The number of carbonyl (C=O) groups is 2. The Morgan fingerprint density at radius 1 is 1.29 bits per heavy atom. The maximum Gasteiger partial charge on any atom is 0.338 e. The highest BCUT2D eigenvalue weighted by molar-refractivity contribution is 6.02. The van der Waals surface area contributed by atoms with Gasteiger partial charge in [0.25, 0.3) is 5.91 Å². The number of nitrogens with one attached hydrogen (secondary N) is 1. The minimum atomic E-state index is -0.621. The Bertz CT molecular complexity index is 777. The number of rotatable bonds is 8. The van der Waals surface area contributed by atoms with Gasteiger partial charge in [0.2, 0.25) is 0 Å². The van der Waals surface area contributed by atoms with Gasteiger partial charge in [-0.3, -0.25) is 15.1 Å². The number of carbonyl (C=O) groups excluding carboxylic acids is 2. The Kier molecular flexibility index (Phi) is 6.22. The molecule has 0 aromatic heterocycles. The lowest BCUT2D eigenvalue weighted by Gasteiger charge is -2.27. The van der Waals surface area contributed by atoms with Crippen molar-refractivity contribution in [3.8, 4) is 0 Å². The molecule has 2 heterocycles. The molecule has 0 bridgehead atoms. The van der Waals surface area contributed by atoms with Crippen LogP contribution in [-0.4, -0.2) is 80.2 Å². The molecule has 0 spiro atoms. The van der Waals surface area contributed by atoms with Crippen LogP contribution in [0.4, 0.5) is 0 Å². The maximum atomic E-state index is 12.1.